The third-order valence-corrected chi connectivity index (χ3v) is 3.86. The smallest absolute Gasteiger partial charge is 0.223 e. The minimum atomic E-state index is 0.233. The first kappa shape index (κ1) is 13.0. The van der Waals surface area contributed by atoms with Crippen LogP contribution in [0.5, 0.6) is 0 Å². The molecule has 0 aromatic carbocycles. The molecule has 0 aliphatic carbocycles. The van der Waals surface area contributed by atoms with E-state index in [4.69, 9.17) is 0 Å². The van der Waals surface area contributed by atoms with Crippen molar-refractivity contribution in [2.24, 2.45) is 0 Å². The maximum Gasteiger partial charge on any atom is 0.223 e. The molecule has 1 unspecified atom stereocenters. The molecule has 0 spiro atoms. The average Bonchev–Trinajstić information content (AvgIpc) is 2.56. The highest BCUT2D eigenvalue weighted by Crippen LogP contribution is 2.27. The van der Waals surface area contributed by atoms with E-state index in [-0.39, 0.29) is 6.04 Å². The third kappa shape index (κ3) is 2.88. The van der Waals surface area contributed by atoms with Gasteiger partial charge in [0.25, 0.3) is 0 Å². The largest absolute Gasteiger partial charge is 0.348 e. The number of rotatable bonds is 3. The molecular weight excluding hydrogens is 242 g/mol. The third-order valence-electron chi connectivity index (χ3n) is 2.87. The summed E-state index contributed by atoms with van der Waals surface area (Å²) in [4.78, 5) is 11.5. The summed E-state index contributed by atoms with van der Waals surface area (Å²) in [7, 11) is 0. The summed E-state index contributed by atoms with van der Waals surface area (Å²) in [6, 6.07) is 4.45. The fourth-order valence-corrected chi connectivity index (χ4v) is 3.16. The molecule has 1 atom stereocenters. The fourth-order valence-electron chi connectivity index (χ4n) is 2.14. The van der Waals surface area contributed by atoms with Gasteiger partial charge in [0.05, 0.1) is 6.04 Å². The maximum absolute atomic E-state index is 4.42. The summed E-state index contributed by atoms with van der Waals surface area (Å²) in [5.41, 5.74) is 3.33. The topological polar surface area (TPSA) is 37.8 Å². The number of aromatic nitrogens is 2. The SMILES string of the molecule is Cc1cc(C)nc(NC(C)c2cc(C)sc2C)n1. The second-order valence-electron chi connectivity index (χ2n) is 4.71. The first-order valence-corrected chi connectivity index (χ1v) is 6.93. The molecular formula is C14H19N3S. The second kappa shape index (κ2) is 5.06. The van der Waals surface area contributed by atoms with Gasteiger partial charge >= 0.3 is 0 Å². The van der Waals surface area contributed by atoms with Gasteiger partial charge in [-0.25, -0.2) is 9.97 Å². The first-order chi connectivity index (χ1) is 8.45. The molecule has 18 heavy (non-hydrogen) atoms. The molecule has 0 radical (unpaired) electrons. The van der Waals surface area contributed by atoms with Crippen molar-refractivity contribution in [1.82, 2.24) is 9.97 Å². The van der Waals surface area contributed by atoms with Crippen LogP contribution in [0.3, 0.4) is 0 Å². The van der Waals surface area contributed by atoms with Gasteiger partial charge in [-0.2, -0.15) is 0 Å². The van der Waals surface area contributed by atoms with Crippen LogP contribution in [-0.4, -0.2) is 9.97 Å². The van der Waals surface area contributed by atoms with E-state index in [1.165, 1.54) is 15.3 Å². The highest BCUT2D eigenvalue weighted by molar-refractivity contribution is 7.12. The van der Waals surface area contributed by atoms with Crippen LogP contribution >= 0.6 is 11.3 Å². The molecule has 0 saturated carbocycles. The van der Waals surface area contributed by atoms with Crippen LogP contribution in [0.4, 0.5) is 5.95 Å². The number of hydrogen-bond donors (Lipinski definition) is 1. The van der Waals surface area contributed by atoms with Crippen molar-refractivity contribution in [3.8, 4) is 0 Å². The second-order valence-corrected chi connectivity index (χ2v) is 6.17. The summed E-state index contributed by atoms with van der Waals surface area (Å²) in [5.74, 6) is 0.711. The maximum atomic E-state index is 4.42. The van der Waals surface area contributed by atoms with E-state index in [9.17, 15) is 0 Å². The van der Waals surface area contributed by atoms with E-state index < -0.39 is 0 Å². The molecule has 3 nitrogen and oxygen atoms in total. The van der Waals surface area contributed by atoms with Crippen LogP contribution in [0.1, 0.15) is 39.7 Å². The van der Waals surface area contributed by atoms with Crippen LogP contribution in [0.2, 0.25) is 0 Å². The number of anilines is 1. The van der Waals surface area contributed by atoms with E-state index in [0.29, 0.717) is 5.95 Å². The van der Waals surface area contributed by atoms with Crippen molar-refractivity contribution in [3.05, 3.63) is 38.8 Å². The average molecular weight is 261 g/mol. The highest BCUT2D eigenvalue weighted by Gasteiger charge is 2.12. The van der Waals surface area contributed by atoms with Gasteiger partial charge in [-0.1, -0.05) is 0 Å². The van der Waals surface area contributed by atoms with Crippen LogP contribution in [-0.2, 0) is 0 Å². The monoisotopic (exact) mass is 261 g/mol. The molecule has 2 aromatic heterocycles. The number of nitrogens with zero attached hydrogens (tertiary/aromatic N) is 2. The standard InChI is InChI=1S/C14H19N3S/c1-8-6-9(2)16-14(15-8)17-11(4)13-7-10(3)18-12(13)5/h6-7,11H,1-5H3,(H,15,16,17). The molecule has 0 amide bonds. The summed E-state index contributed by atoms with van der Waals surface area (Å²) in [5, 5.41) is 3.38. The van der Waals surface area contributed by atoms with Gasteiger partial charge in [-0.05, 0) is 52.3 Å². The van der Waals surface area contributed by atoms with Crippen molar-refractivity contribution in [3.63, 3.8) is 0 Å². The van der Waals surface area contributed by atoms with Gasteiger partial charge in [0.15, 0.2) is 0 Å². The lowest BCUT2D eigenvalue weighted by Gasteiger charge is -2.14. The van der Waals surface area contributed by atoms with Crippen molar-refractivity contribution in [2.45, 2.75) is 40.7 Å². The molecule has 0 aliphatic rings. The predicted octanol–water partition coefficient (Wildman–Crippen LogP) is 3.94. The van der Waals surface area contributed by atoms with Gasteiger partial charge in [-0.3, -0.25) is 0 Å². The Labute approximate surface area is 112 Å². The summed E-state index contributed by atoms with van der Waals surface area (Å²) in [6.45, 7) is 10.4. The fraction of sp³-hybridized carbons (Fsp3) is 0.429. The Morgan fingerprint density at radius 1 is 1.06 bits per heavy atom. The molecule has 2 aromatic rings. The van der Waals surface area contributed by atoms with Gasteiger partial charge < -0.3 is 5.32 Å². The quantitative estimate of drug-likeness (QED) is 0.909. The zero-order valence-corrected chi connectivity index (χ0v) is 12.4. The van der Waals surface area contributed by atoms with Crippen LogP contribution < -0.4 is 5.32 Å². The van der Waals surface area contributed by atoms with Crippen molar-refractivity contribution >= 4 is 17.3 Å². The molecule has 0 fully saturated rings. The number of nitrogens with one attached hydrogen (secondary N) is 1. The van der Waals surface area contributed by atoms with Crippen LogP contribution in [0.15, 0.2) is 12.1 Å². The molecule has 0 aliphatic heterocycles. The van der Waals surface area contributed by atoms with Crippen molar-refractivity contribution in [2.75, 3.05) is 5.32 Å². The van der Waals surface area contributed by atoms with Gasteiger partial charge in [0.1, 0.15) is 0 Å². The highest BCUT2D eigenvalue weighted by atomic mass is 32.1. The number of hydrogen-bond acceptors (Lipinski definition) is 4. The van der Waals surface area contributed by atoms with Crippen molar-refractivity contribution in [1.29, 1.82) is 0 Å². The Hall–Kier alpha value is -1.42. The van der Waals surface area contributed by atoms with Crippen LogP contribution in [0.25, 0.3) is 0 Å². The summed E-state index contributed by atoms with van der Waals surface area (Å²) >= 11 is 1.83. The van der Waals surface area contributed by atoms with E-state index in [1.54, 1.807) is 0 Å². The predicted molar refractivity (Wildman–Crippen MR) is 77.3 cm³/mol. The number of thiophene rings is 1. The minimum absolute atomic E-state index is 0.233. The first-order valence-electron chi connectivity index (χ1n) is 6.11. The van der Waals surface area contributed by atoms with E-state index in [1.807, 2.05) is 31.3 Å². The van der Waals surface area contributed by atoms with Gasteiger partial charge in [-0.15, -0.1) is 11.3 Å². The Kier molecular flexibility index (Phi) is 3.66. The lowest BCUT2D eigenvalue weighted by Crippen LogP contribution is -2.10. The zero-order valence-electron chi connectivity index (χ0n) is 11.5. The lowest BCUT2D eigenvalue weighted by atomic mass is 10.1. The van der Waals surface area contributed by atoms with Crippen molar-refractivity contribution < 1.29 is 0 Å². The van der Waals surface area contributed by atoms with E-state index in [0.717, 1.165) is 11.4 Å². The molecule has 2 rings (SSSR count). The number of aryl methyl sites for hydroxylation is 4. The van der Waals surface area contributed by atoms with E-state index in [2.05, 4.69) is 42.1 Å². The molecule has 0 bridgehead atoms. The normalized spacial score (nSPS) is 12.5. The Morgan fingerprint density at radius 3 is 2.17 bits per heavy atom. The molecule has 1 N–H and O–H groups in total. The van der Waals surface area contributed by atoms with E-state index >= 15 is 0 Å². The van der Waals surface area contributed by atoms with Gasteiger partial charge in [0.2, 0.25) is 5.95 Å². The molecule has 4 heteroatoms. The molecule has 2 heterocycles. The van der Waals surface area contributed by atoms with Crippen LogP contribution in [0, 0.1) is 27.7 Å². The van der Waals surface area contributed by atoms with Gasteiger partial charge in [0, 0.05) is 21.1 Å². The Balaban J connectivity index is 2.20. The Morgan fingerprint density at radius 2 is 1.67 bits per heavy atom. The molecule has 0 saturated heterocycles. The Bertz CT molecular complexity index is 540. The zero-order chi connectivity index (χ0) is 13.3. The lowest BCUT2D eigenvalue weighted by molar-refractivity contribution is 0.850. The molecule has 96 valence electrons. The summed E-state index contributed by atoms with van der Waals surface area (Å²) in [6.07, 6.45) is 0. The minimum Gasteiger partial charge on any atom is -0.348 e. The summed E-state index contributed by atoms with van der Waals surface area (Å²) < 4.78 is 0.